The predicted molar refractivity (Wildman–Crippen MR) is 108 cm³/mol. The summed E-state index contributed by atoms with van der Waals surface area (Å²) < 4.78 is 6.28. The molecule has 0 bridgehead atoms. The Morgan fingerprint density at radius 2 is 1.52 bits per heavy atom. The van der Waals surface area contributed by atoms with Gasteiger partial charge in [0, 0.05) is 5.69 Å². The van der Waals surface area contributed by atoms with E-state index in [2.05, 4.69) is 70.7 Å². The van der Waals surface area contributed by atoms with Crippen LogP contribution in [-0.2, 0) is 11.3 Å². The van der Waals surface area contributed by atoms with Gasteiger partial charge in [0.05, 0.1) is 25.3 Å². The summed E-state index contributed by atoms with van der Waals surface area (Å²) in [5.74, 6) is 5.30. The molecule has 1 unspecified atom stereocenters. The molecule has 1 aromatic rings. The second-order valence-corrected chi connectivity index (χ2v) is 8.08. The smallest absolute Gasteiger partial charge is 0.0801 e. The van der Waals surface area contributed by atoms with E-state index in [9.17, 15) is 0 Å². The van der Waals surface area contributed by atoms with Crippen LogP contribution < -0.4 is 4.90 Å². The number of terminal acetylenes is 2. The number of benzene rings is 1. The molecule has 0 fully saturated rings. The van der Waals surface area contributed by atoms with Crippen LogP contribution in [0.4, 0.5) is 5.69 Å². The second-order valence-electron chi connectivity index (χ2n) is 8.08. The van der Waals surface area contributed by atoms with Gasteiger partial charge in [0.1, 0.15) is 0 Å². The zero-order valence-corrected chi connectivity index (χ0v) is 16.6. The standard InChI is InChI=1S/C23H33NO/c1-8-17-24(18-9-2)21-13-11-20(12-14-21)19-25-23(7,10-3)16-15-22(4,5)6/h1-2,11-14H,10,15-19H2,3-7H3. The van der Waals surface area contributed by atoms with Gasteiger partial charge in [-0.3, -0.25) is 0 Å². The van der Waals surface area contributed by atoms with E-state index >= 15 is 0 Å². The fourth-order valence-corrected chi connectivity index (χ4v) is 2.51. The summed E-state index contributed by atoms with van der Waals surface area (Å²) in [6, 6.07) is 8.31. The van der Waals surface area contributed by atoms with E-state index in [1.54, 1.807) is 0 Å². The Labute approximate surface area is 155 Å². The number of rotatable bonds is 9. The van der Waals surface area contributed by atoms with E-state index in [0.717, 1.165) is 24.9 Å². The summed E-state index contributed by atoms with van der Waals surface area (Å²) in [4.78, 5) is 2.00. The van der Waals surface area contributed by atoms with Gasteiger partial charge in [-0.05, 0) is 49.3 Å². The molecule has 0 aliphatic heterocycles. The van der Waals surface area contributed by atoms with Crippen LogP contribution >= 0.6 is 0 Å². The summed E-state index contributed by atoms with van der Waals surface area (Å²) in [5, 5.41) is 0. The SMILES string of the molecule is C#CCN(CC#C)c1ccc(COC(C)(CC)CCC(C)(C)C)cc1. The molecular formula is C23H33NO. The number of anilines is 1. The van der Waals surface area contributed by atoms with Crippen LogP contribution in [0.2, 0.25) is 0 Å². The number of hydrogen-bond acceptors (Lipinski definition) is 2. The summed E-state index contributed by atoms with van der Waals surface area (Å²) in [5.41, 5.74) is 2.47. The maximum absolute atomic E-state index is 6.28. The van der Waals surface area contributed by atoms with Gasteiger partial charge in [0.2, 0.25) is 0 Å². The van der Waals surface area contributed by atoms with E-state index in [0.29, 0.717) is 25.1 Å². The number of nitrogens with zero attached hydrogens (tertiary/aromatic N) is 1. The van der Waals surface area contributed by atoms with Crippen molar-refractivity contribution in [3.05, 3.63) is 29.8 Å². The summed E-state index contributed by atoms with van der Waals surface area (Å²) in [7, 11) is 0. The van der Waals surface area contributed by atoms with Crippen LogP contribution in [0.1, 0.15) is 59.4 Å². The lowest BCUT2D eigenvalue weighted by atomic mass is 9.84. The van der Waals surface area contributed by atoms with Crippen molar-refractivity contribution in [2.24, 2.45) is 5.41 Å². The van der Waals surface area contributed by atoms with Crippen molar-refractivity contribution in [2.75, 3.05) is 18.0 Å². The minimum atomic E-state index is -0.0784. The highest BCUT2D eigenvalue weighted by Crippen LogP contribution is 2.30. The summed E-state index contributed by atoms with van der Waals surface area (Å²) >= 11 is 0. The van der Waals surface area contributed by atoms with E-state index in [1.807, 2.05) is 4.90 Å². The van der Waals surface area contributed by atoms with Crippen molar-refractivity contribution in [1.82, 2.24) is 0 Å². The monoisotopic (exact) mass is 339 g/mol. The third kappa shape index (κ3) is 7.68. The lowest BCUT2D eigenvalue weighted by Crippen LogP contribution is -2.29. The van der Waals surface area contributed by atoms with Crippen LogP contribution in [0, 0.1) is 30.1 Å². The minimum absolute atomic E-state index is 0.0784. The van der Waals surface area contributed by atoms with Crippen molar-refractivity contribution >= 4 is 5.69 Å². The van der Waals surface area contributed by atoms with Crippen molar-refractivity contribution < 1.29 is 4.74 Å². The predicted octanol–water partition coefficient (Wildman–Crippen LogP) is 5.27. The largest absolute Gasteiger partial charge is 0.371 e. The lowest BCUT2D eigenvalue weighted by molar-refractivity contribution is -0.0571. The molecule has 0 radical (unpaired) electrons. The second kappa shape index (κ2) is 9.55. The zero-order valence-electron chi connectivity index (χ0n) is 16.6. The fraction of sp³-hybridized carbons (Fsp3) is 0.565. The van der Waals surface area contributed by atoms with E-state index in [1.165, 1.54) is 5.56 Å². The van der Waals surface area contributed by atoms with Crippen molar-refractivity contribution in [2.45, 2.75) is 66.1 Å². The third-order valence-electron chi connectivity index (χ3n) is 4.60. The van der Waals surface area contributed by atoms with Crippen LogP contribution in [0.15, 0.2) is 24.3 Å². The summed E-state index contributed by atoms with van der Waals surface area (Å²) in [6.45, 7) is 12.9. The Balaban J connectivity index is 2.68. The van der Waals surface area contributed by atoms with E-state index in [4.69, 9.17) is 17.6 Å². The first-order valence-electron chi connectivity index (χ1n) is 9.08. The molecule has 0 saturated carbocycles. The average molecular weight is 340 g/mol. The highest BCUT2D eigenvalue weighted by atomic mass is 16.5. The van der Waals surface area contributed by atoms with Crippen molar-refractivity contribution in [1.29, 1.82) is 0 Å². The lowest BCUT2D eigenvalue weighted by Gasteiger charge is -2.32. The maximum Gasteiger partial charge on any atom is 0.0801 e. The molecule has 0 spiro atoms. The Bertz CT molecular complexity index is 581. The van der Waals surface area contributed by atoms with Gasteiger partial charge < -0.3 is 9.64 Å². The fourth-order valence-electron chi connectivity index (χ4n) is 2.51. The Hall–Kier alpha value is -1.90. The highest BCUT2D eigenvalue weighted by Gasteiger charge is 2.25. The topological polar surface area (TPSA) is 12.5 Å². The molecule has 136 valence electrons. The van der Waals surface area contributed by atoms with Gasteiger partial charge >= 0.3 is 0 Å². The van der Waals surface area contributed by atoms with Gasteiger partial charge in [-0.1, -0.05) is 51.7 Å². The zero-order chi connectivity index (χ0) is 18.9. The van der Waals surface area contributed by atoms with Gasteiger partial charge in [-0.25, -0.2) is 0 Å². The molecule has 0 heterocycles. The first kappa shape index (κ1) is 21.1. The normalized spacial score (nSPS) is 13.6. The highest BCUT2D eigenvalue weighted by molar-refractivity contribution is 5.49. The van der Waals surface area contributed by atoms with Crippen LogP contribution in [0.3, 0.4) is 0 Å². The minimum Gasteiger partial charge on any atom is -0.371 e. The number of ether oxygens (including phenoxy) is 1. The molecule has 0 saturated heterocycles. The molecule has 1 aromatic carbocycles. The van der Waals surface area contributed by atoms with Crippen LogP contribution in [-0.4, -0.2) is 18.7 Å². The van der Waals surface area contributed by atoms with Crippen LogP contribution in [0.5, 0.6) is 0 Å². The quantitative estimate of drug-likeness (QED) is 0.568. The van der Waals surface area contributed by atoms with E-state index < -0.39 is 0 Å². The van der Waals surface area contributed by atoms with Crippen LogP contribution in [0.25, 0.3) is 0 Å². The average Bonchev–Trinajstić information content (AvgIpc) is 2.58. The molecule has 25 heavy (non-hydrogen) atoms. The first-order chi connectivity index (χ1) is 11.7. The first-order valence-corrected chi connectivity index (χ1v) is 9.08. The van der Waals surface area contributed by atoms with Gasteiger partial charge in [0.25, 0.3) is 0 Å². The Morgan fingerprint density at radius 1 is 0.960 bits per heavy atom. The Morgan fingerprint density at radius 3 is 1.96 bits per heavy atom. The van der Waals surface area contributed by atoms with Gasteiger partial charge in [-0.15, -0.1) is 12.8 Å². The molecule has 1 atom stereocenters. The molecule has 0 aromatic heterocycles. The van der Waals surface area contributed by atoms with Gasteiger partial charge in [0.15, 0.2) is 0 Å². The molecular weight excluding hydrogens is 306 g/mol. The molecule has 2 nitrogen and oxygen atoms in total. The molecule has 0 aliphatic rings. The molecule has 0 N–H and O–H groups in total. The maximum atomic E-state index is 6.28. The van der Waals surface area contributed by atoms with Gasteiger partial charge in [-0.2, -0.15) is 0 Å². The van der Waals surface area contributed by atoms with Crippen molar-refractivity contribution in [3.63, 3.8) is 0 Å². The number of hydrogen-bond donors (Lipinski definition) is 0. The van der Waals surface area contributed by atoms with Crippen molar-refractivity contribution in [3.8, 4) is 24.7 Å². The third-order valence-corrected chi connectivity index (χ3v) is 4.60. The molecule has 2 heteroatoms. The molecule has 1 rings (SSSR count). The molecule has 0 aliphatic carbocycles. The summed E-state index contributed by atoms with van der Waals surface area (Å²) in [6.07, 6.45) is 14.1. The Kier molecular flexibility index (Phi) is 8.08. The van der Waals surface area contributed by atoms with E-state index in [-0.39, 0.29) is 5.60 Å². The molecule has 0 amide bonds.